The van der Waals surface area contributed by atoms with Crippen LogP contribution in [0.5, 0.6) is 0 Å². The van der Waals surface area contributed by atoms with Gasteiger partial charge in [-0.3, -0.25) is 4.79 Å². The quantitative estimate of drug-likeness (QED) is 0.666. The highest BCUT2D eigenvalue weighted by molar-refractivity contribution is 5.74. The van der Waals surface area contributed by atoms with E-state index in [1.165, 1.54) is 0 Å². The molecule has 0 heterocycles. The lowest BCUT2D eigenvalue weighted by Crippen LogP contribution is -2.40. The Bertz CT molecular complexity index is 169. The second-order valence-corrected chi connectivity index (χ2v) is 2.66. The summed E-state index contributed by atoms with van der Waals surface area (Å²) in [6.07, 6.45) is -4.81. The predicted octanol–water partition coefficient (Wildman–Crippen LogP) is 0.387. The maximum absolute atomic E-state index is 11.9. The summed E-state index contributed by atoms with van der Waals surface area (Å²) in [6.45, 7) is 0.924. The van der Waals surface area contributed by atoms with Crippen LogP contribution < -0.4 is 11.5 Å². The third-order valence-electron chi connectivity index (χ3n) is 1.60. The van der Waals surface area contributed by atoms with Crippen LogP contribution in [0.4, 0.5) is 13.2 Å². The van der Waals surface area contributed by atoms with Gasteiger partial charge in [-0.2, -0.15) is 13.2 Å². The Hall–Kier alpha value is -0.780. The molecule has 0 rings (SSSR count). The molecule has 0 aromatic heterocycles. The smallest absolute Gasteiger partial charge is 0.370 e. The van der Waals surface area contributed by atoms with Gasteiger partial charge in [0.25, 0.3) is 0 Å². The van der Waals surface area contributed by atoms with E-state index >= 15 is 0 Å². The minimum absolute atomic E-state index is 0.444. The van der Waals surface area contributed by atoms with E-state index < -0.39 is 30.5 Å². The molecule has 0 saturated carbocycles. The molecular weight excluding hydrogens is 173 g/mol. The SMILES string of the molecule is CC(C(N)CC(N)=O)C(F)(F)F. The number of nitrogens with two attached hydrogens (primary N) is 2. The Morgan fingerprint density at radius 2 is 1.92 bits per heavy atom. The second kappa shape index (κ2) is 3.75. The number of carbonyl (C=O) groups is 1. The van der Waals surface area contributed by atoms with Crippen LogP contribution in [-0.4, -0.2) is 18.1 Å². The van der Waals surface area contributed by atoms with E-state index in [-0.39, 0.29) is 0 Å². The van der Waals surface area contributed by atoms with Crippen LogP contribution in [0.15, 0.2) is 0 Å². The first-order valence-corrected chi connectivity index (χ1v) is 3.35. The lowest BCUT2D eigenvalue weighted by molar-refractivity contribution is -0.175. The van der Waals surface area contributed by atoms with Crippen LogP contribution in [0, 0.1) is 5.92 Å². The Morgan fingerprint density at radius 1 is 1.50 bits per heavy atom. The molecule has 0 radical (unpaired) electrons. The number of alkyl halides is 3. The first-order chi connectivity index (χ1) is 5.25. The average molecular weight is 184 g/mol. The van der Waals surface area contributed by atoms with Crippen molar-refractivity contribution in [3.8, 4) is 0 Å². The zero-order valence-corrected chi connectivity index (χ0v) is 6.56. The molecule has 0 aromatic rings. The van der Waals surface area contributed by atoms with Crippen LogP contribution >= 0.6 is 0 Å². The lowest BCUT2D eigenvalue weighted by atomic mass is 9.99. The first kappa shape index (κ1) is 11.2. The predicted molar refractivity (Wildman–Crippen MR) is 37.0 cm³/mol. The monoisotopic (exact) mass is 184 g/mol. The van der Waals surface area contributed by atoms with E-state index in [0.29, 0.717) is 0 Å². The van der Waals surface area contributed by atoms with Crippen LogP contribution in [-0.2, 0) is 4.79 Å². The summed E-state index contributed by atoms with van der Waals surface area (Å²) < 4.78 is 35.8. The summed E-state index contributed by atoms with van der Waals surface area (Å²) in [6, 6.07) is -1.25. The average Bonchev–Trinajstić information content (AvgIpc) is 1.82. The number of hydrogen-bond donors (Lipinski definition) is 2. The fourth-order valence-corrected chi connectivity index (χ4v) is 0.652. The van der Waals surface area contributed by atoms with Gasteiger partial charge in [0.15, 0.2) is 0 Å². The number of primary amides is 1. The van der Waals surface area contributed by atoms with Crippen molar-refractivity contribution in [2.75, 3.05) is 0 Å². The summed E-state index contributed by atoms with van der Waals surface area (Å²) in [5.41, 5.74) is 9.77. The summed E-state index contributed by atoms with van der Waals surface area (Å²) in [4.78, 5) is 10.2. The third kappa shape index (κ3) is 3.56. The van der Waals surface area contributed by atoms with Crippen molar-refractivity contribution in [3.63, 3.8) is 0 Å². The van der Waals surface area contributed by atoms with E-state index in [9.17, 15) is 18.0 Å². The number of rotatable bonds is 3. The third-order valence-corrected chi connectivity index (χ3v) is 1.60. The molecule has 0 fully saturated rings. The van der Waals surface area contributed by atoms with E-state index in [1.54, 1.807) is 0 Å². The van der Waals surface area contributed by atoms with Crippen molar-refractivity contribution in [1.82, 2.24) is 0 Å². The van der Waals surface area contributed by atoms with Gasteiger partial charge in [0.1, 0.15) is 0 Å². The van der Waals surface area contributed by atoms with Gasteiger partial charge in [0.05, 0.1) is 5.92 Å². The molecule has 2 unspecified atom stereocenters. The highest BCUT2D eigenvalue weighted by atomic mass is 19.4. The number of carbonyl (C=O) groups excluding carboxylic acids is 1. The fraction of sp³-hybridized carbons (Fsp3) is 0.833. The summed E-state index contributed by atoms with van der Waals surface area (Å²) >= 11 is 0. The van der Waals surface area contributed by atoms with Crippen molar-refractivity contribution in [2.24, 2.45) is 17.4 Å². The van der Waals surface area contributed by atoms with Gasteiger partial charge in [-0.1, -0.05) is 6.92 Å². The molecule has 72 valence electrons. The van der Waals surface area contributed by atoms with Crippen molar-refractivity contribution in [2.45, 2.75) is 25.6 Å². The minimum Gasteiger partial charge on any atom is -0.370 e. The topological polar surface area (TPSA) is 69.1 Å². The molecule has 6 heteroatoms. The fourth-order valence-electron chi connectivity index (χ4n) is 0.652. The molecule has 0 aromatic carbocycles. The molecule has 0 aliphatic carbocycles. The molecule has 0 aliphatic heterocycles. The van der Waals surface area contributed by atoms with Gasteiger partial charge in [-0.15, -0.1) is 0 Å². The van der Waals surface area contributed by atoms with E-state index in [1.807, 2.05) is 0 Å². The lowest BCUT2D eigenvalue weighted by Gasteiger charge is -2.20. The van der Waals surface area contributed by atoms with Crippen molar-refractivity contribution in [1.29, 1.82) is 0 Å². The zero-order valence-electron chi connectivity index (χ0n) is 6.56. The van der Waals surface area contributed by atoms with Gasteiger partial charge in [0, 0.05) is 12.5 Å². The van der Waals surface area contributed by atoms with Crippen molar-refractivity contribution in [3.05, 3.63) is 0 Å². The van der Waals surface area contributed by atoms with Crippen molar-refractivity contribution >= 4 is 5.91 Å². The molecule has 3 nitrogen and oxygen atoms in total. The zero-order chi connectivity index (χ0) is 9.94. The van der Waals surface area contributed by atoms with Crippen molar-refractivity contribution < 1.29 is 18.0 Å². The summed E-state index contributed by atoms with van der Waals surface area (Å²) in [7, 11) is 0. The summed E-state index contributed by atoms with van der Waals surface area (Å²) in [5.74, 6) is -2.52. The standard InChI is InChI=1S/C6H11F3N2O/c1-3(6(7,8)9)4(10)2-5(11)12/h3-4H,2,10H2,1H3,(H2,11,12). The minimum atomic E-state index is -4.37. The van der Waals surface area contributed by atoms with Gasteiger partial charge in [-0.05, 0) is 0 Å². The molecular formula is C6H11F3N2O. The molecule has 0 spiro atoms. The molecule has 0 aliphatic rings. The van der Waals surface area contributed by atoms with Crippen LogP contribution in [0.3, 0.4) is 0 Å². The Balaban J connectivity index is 4.10. The van der Waals surface area contributed by atoms with E-state index in [4.69, 9.17) is 5.73 Å². The highest BCUT2D eigenvalue weighted by Gasteiger charge is 2.40. The summed E-state index contributed by atoms with van der Waals surface area (Å²) in [5, 5.41) is 0. The highest BCUT2D eigenvalue weighted by Crippen LogP contribution is 2.28. The molecule has 0 bridgehead atoms. The molecule has 2 atom stereocenters. The van der Waals surface area contributed by atoms with E-state index in [2.05, 4.69) is 5.73 Å². The molecule has 4 N–H and O–H groups in total. The van der Waals surface area contributed by atoms with Gasteiger partial charge < -0.3 is 11.5 Å². The molecule has 1 amide bonds. The Morgan fingerprint density at radius 3 is 2.17 bits per heavy atom. The largest absolute Gasteiger partial charge is 0.393 e. The number of halogens is 3. The maximum Gasteiger partial charge on any atom is 0.393 e. The number of amides is 1. The second-order valence-electron chi connectivity index (χ2n) is 2.66. The van der Waals surface area contributed by atoms with Gasteiger partial charge in [-0.25, -0.2) is 0 Å². The Kier molecular flexibility index (Phi) is 3.51. The normalized spacial score (nSPS) is 17.1. The maximum atomic E-state index is 11.9. The van der Waals surface area contributed by atoms with Gasteiger partial charge in [0.2, 0.25) is 5.91 Å². The van der Waals surface area contributed by atoms with Crippen LogP contribution in [0.25, 0.3) is 0 Å². The first-order valence-electron chi connectivity index (χ1n) is 3.35. The molecule has 0 saturated heterocycles. The van der Waals surface area contributed by atoms with Crippen LogP contribution in [0.2, 0.25) is 0 Å². The Labute approximate surface area is 67.9 Å². The number of hydrogen-bond acceptors (Lipinski definition) is 2. The van der Waals surface area contributed by atoms with Gasteiger partial charge >= 0.3 is 6.18 Å². The molecule has 12 heavy (non-hydrogen) atoms. The van der Waals surface area contributed by atoms with E-state index in [0.717, 1.165) is 6.92 Å². The van der Waals surface area contributed by atoms with Crippen LogP contribution in [0.1, 0.15) is 13.3 Å².